The van der Waals surface area contributed by atoms with Gasteiger partial charge in [0.15, 0.2) is 5.16 Å². The summed E-state index contributed by atoms with van der Waals surface area (Å²) in [4.78, 5) is 16.3. The van der Waals surface area contributed by atoms with Crippen molar-refractivity contribution in [3.05, 3.63) is 24.3 Å². The summed E-state index contributed by atoms with van der Waals surface area (Å²) in [5, 5.41) is 3.26. The number of aromatic nitrogens is 2. The summed E-state index contributed by atoms with van der Waals surface area (Å²) in [6, 6.07) is 7.90. The molecule has 0 spiro atoms. The monoisotopic (exact) mass is 273 g/mol. The Morgan fingerprint density at radius 3 is 3.00 bits per heavy atom. The molecule has 0 radical (unpaired) electrons. The van der Waals surface area contributed by atoms with Crippen molar-refractivity contribution in [1.29, 1.82) is 0 Å². The van der Waals surface area contributed by atoms with Crippen molar-refractivity contribution in [2.75, 3.05) is 6.54 Å². The van der Waals surface area contributed by atoms with Crippen LogP contribution < -0.4 is 5.32 Å². The molecule has 2 aromatic rings. The van der Waals surface area contributed by atoms with Gasteiger partial charge in [-0.1, -0.05) is 29.8 Å². The Hall–Kier alpha value is -1.93. The van der Waals surface area contributed by atoms with Crippen LogP contribution in [0.1, 0.15) is 6.92 Å². The molecule has 2 rings (SSSR count). The summed E-state index contributed by atoms with van der Waals surface area (Å²) >= 11 is 1.43. The Morgan fingerprint density at radius 2 is 2.32 bits per heavy atom. The Kier molecular flexibility index (Phi) is 4.13. The van der Waals surface area contributed by atoms with Crippen molar-refractivity contribution in [3.8, 4) is 12.3 Å². The minimum absolute atomic E-state index is 0.0741. The number of hydrogen-bond acceptors (Lipinski definition) is 3. The standard InChI is InChI=1S/C14H15N3OS/c1-4-9-15-13(18)10(2)19-14-16-11-7-5-6-8-12(11)17(14)3/h1,5-8,10H,9H2,2-3H3,(H,15,18). The second-order valence-electron chi connectivity index (χ2n) is 4.12. The van der Waals surface area contributed by atoms with Crippen LogP contribution in [-0.4, -0.2) is 27.3 Å². The first-order chi connectivity index (χ1) is 9.13. The molecule has 0 aliphatic rings. The van der Waals surface area contributed by atoms with E-state index < -0.39 is 0 Å². The molecule has 1 heterocycles. The van der Waals surface area contributed by atoms with E-state index in [2.05, 4.69) is 16.2 Å². The summed E-state index contributed by atoms with van der Waals surface area (Å²) < 4.78 is 1.99. The lowest BCUT2D eigenvalue weighted by Crippen LogP contribution is -2.31. The van der Waals surface area contributed by atoms with Crippen molar-refractivity contribution in [3.63, 3.8) is 0 Å². The number of rotatable bonds is 4. The van der Waals surface area contributed by atoms with Gasteiger partial charge in [0.25, 0.3) is 0 Å². The molecule has 5 heteroatoms. The highest BCUT2D eigenvalue weighted by Crippen LogP contribution is 2.25. The van der Waals surface area contributed by atoms with Crippen LogP contribution in [0.25, 0.3) is 11.0 Å². The van der Waals surface area contributed by atoms with E-state index in [0.29, 0.717) is 0 Å². The Balaban J connectivity index is 2.15. The summed E-state index contributed by atoms with van der Waals surface area (Å²) in [5.41, 5.74) is 1.99. The number of carbonyl (C=O) groups excluding carboxylic acids is 1. The topological polar surface area (TPSA) is 46.9 Å². The lowest BCUT2D eigenvalue weighted by Gasteiger charge is -2.10. The Bertz CT molecular complexity index is 642. The van der Waals surface area contributed by atoms with Crippen LogP contribution >= 0.6 is 11.8 Å². The minimum atomic E-state index is -0.233. The molecule has 19 heavy (non-hydrogen) atoms. The number of imidazole rings is 1. The van der Waals surface area contributed by atoms with Gasteiger partial charge < -0.3 is 9.88 Å². The van der Waals surface area contributed by atoms with Gasteiger partial charge in [-0.3, -0.25) is 4.79 Å². The molecule has 0 fully saturated rings. The summed E-state index contributed by atoms with van der Waals surface area (Å²) in [7, 11) is 1.95. The number of thioether (sulfide) groups is 1. The van der Waals surface area contributed by atoms with Gasteiger partial charge in [-0.2, -0.15) is 0 Å². The molecule has 1 amide bonds. The van der Waals surface area contributed by atoms with Gasteiger partial charge in [-0.25, -0.2) is 4.98 Å². The van der Waals surface area contributed by atoms with E-state index in [1.165, 1.54) is 11.8 Å². The first-order valence-corrected chi connectivity index (χ1v) is 6.80. The predicted octanol–water partition coefficient (Wildman–Crippen LogP) is 1.80. The maximum absolute atomic E-state index is 11.8. The number of carbonyl (C=O) groups is 1. The summed E-state index contributed by atoms with van der Waals surface area (Å²) in [5.74, 6) is 2.31. The van der Waals surface area contributed by atoms with Gasteiger partial charge in [0.2, 0.25) is 5.91 Å². The van der Waals surface area contributed by atoms with E-state index in [1.807, 2.05) is 42.8 Å². The summed E-state index contributed by atoms with van der Waals surface area (Å²) in [6.45, 7) is 2.10. The van der Waals surface area contributed by atoms with Crippen LogP contribution in [0, 0.1) is 12.3 Å². The zero-order valence-corrected chi connectivity index (χ0v) is 11.7. The molecule has 1 N–H and O–H groups in total. The maximum Gasteiger partial charge on any atom is 0.234 e. The van der Waals surface area contributed by atoms with E-state index in [-0.39, 0.29) is 17.7 Å². The van der Waals surface area contributed by atoms with Crippen LogP contribution in [-0.2, 0) is 11.8 Å². The number of nitrogens with zero attached hydrogens (tertiary/aromatic N) is 2. The van der Waals surface area contributed by atoms with E-state index in [0.717, 1.165) is 16.2 Å². The van der Waals surface area contributed by atoms with Crippen LogP contribution in [0.4, 0.5) is 0 Å². The van der Waals surface area contributed by atoms with E-state index in [9.17, 15) is 4.79 Å². The van der Waals surface area contributed by atoms with Gasteiger partial charge in [0.05, 0.1) is 22.8 Å². The number of nitrogens with one attached hydrogen (secondary N) is 1. The first-order valence-electron chi connectivity index (χ1n) is 5.92. The number of benzene rings is 1. The molecule has 98 valence electrons. The highest BCUT2D eigenvalue weighted by Gasteiger charge is 2.17. The quantitative estimate of drug-likeness (QED) is 0.682. The van der Waals surface area contributed by atoms with E-state index >= 15 is 0 Å². The lowest BCUT2D eigenvalue weighted by atomic mass is 10.3. The summed E-state index contributed by atoms with van der Waals surface area (Å²) in [6.07, 6.45) is 5.12. The first kappa shape index (κ1) is 13.5. The van der Waals surface area contributed by atoms with Crippen LogP contribution in [0.3, 0.4) is 0 Å². The maximum atomic E-state index is 11.8. The molecule has 0 aliphatic heterocycles. The second kappa shape index (κ2) is 5.81. The predicted molar refractivity (Wildman–Crippen MR) is 77.9 cm³/mol. The average Bonchev–Trinajstić information content (AvgIpc) is 2.73. The average molecular weight is 273 g/mol. The third-order valence-electron chi connectivity index (χ3n) is 2.76. The lowest BCUT2D eigenvalue weighted by molar-refractivity contribution is -0.120. The van der Waals surface area contributed by atoms with Crippen molar-refractivity contribution in [1.82, 2.24) is 14.9 Å². The van der Waals surface area contributed by atoms with Crippen molar-refractivity contribution in [2.24, 2.45) is 7.05 Å². The van der Waals surface area contributed by atoms with Gasteiger partial charge in [0.1, 0.15) is 0 Å². The van der Waals surface area contributed by atoms with Gasteiger partial charge in [-0.05, 0) is 19.1 Å². The van der Waals surface area contributed by atoms with Gasteiger partial charge >= 0.3 is 0 Å². The zero-order valence-electron chi connectivity index (χ0n) is 10.9. The smallest absolute Gasteiger partial charge is 0.234 e. The van der Waals surface area contributed by atoms with Crippen molar-refractivity contribution >= 4 is 28.7 Å². The molecule has 1 atom stereocenters. The third kappa shape index (κ3) is 2.91. The third-order valence-corrected chi connectivity index (χ3v) is 3.91. The molecule has 0 saturated carbocycles. The second-order valence-corrected chi connectivity index (χ2v) is 5.43. The Morgan fingerprint density at radius 1 is 1.58 bits per heavy atom. The number of aryl methyl sites for hydroxylation is 1. The van der Waals surface area contributed by atoms with Crippen molar-refractivity contribution < 1.29 is 4.79 Å². The highest BCUT2D eigenvalue weighted by molar-refractivity contribution is 8.00. The molecule has 1 aromatic carbocycles. The number of amides is 1. The SMILES string of the molecule is C#CCNC(=O)C(C)Sc1nc2ccccc2n1C. The minimum Gasteiger partial charge on any atom is -0.344 e. The zero-order chi connectivity index (χ0) is 13.8. The van der Waals surface area contributed by atoms with Crippen LogP contribution in [0.2, 0.25) is 0 Å². The molecule has 0 bridgehead atoms. The number of para-hydroxylation sites is 2. The van der Waals surface area contributed by atoms with E-state index in [1.54, 1.807) is 0 Å². The number of terminal acetylenes is 1. The highest BCUT2D eigenvalue weighted by atomic mass is 32.2. The molecule has 1 aromatic heterocycles. The molecule has 0 aliphatic carbocycles. The largest absolute Gasteiger partial charge is 0.344 e. The fourth-order valence-electron chi connectivity index (χ4n) is 1.72. The van der Waals surface area contributed by atoms with Gasteiger partial charge in [-0.15, -0.1) is 6.42 Å². The normalized spacial score (nSPS) is 12.1. The van der Waals surface area contributed by atoms with Crippen molar-refractivity contribution in [2.45, 2.75) is 17.3 Å². The molecule has 4 nitrogen and oxygen atoms in total. The molecule has 1 unspecified atom stereocenters. The molecule has 0 saturated heterocycles. The van der Waals surface area contributed by atoms with Gasteiger partial charge in [0, 0.05) is 7.05 Å². The Labute approximate surface area is 116 Å². The van der Waals surface area contributed by atoms with E-state index in [4.69, 9.17) is 6.42 Å². The molecular formula is C14H15N3OS. The van der Waals surface area contributed by atoms with Crippen LogP contribution in [0.5, 0.6) is 0 Å². The fourth-order valence-corrected chi connectivity index (χ4v) is 2.64. The molecular weight excluding hydrogens is 258 g/mol. The fraction of sp³-hybridized carbons (Fsp3) is 0.286. The van der Waals surface area contributed by atoms with Crippen LogP contribution in [0.15, 0.2) is 29.4 Å². The number of fused-ring (bicyclic) bond motifs is 1. The number of hydrogen-bond donors (Lipinski definition) is 1.